The van der Waals surface area contributed by atoms with Crippen molar-refractivity contribution < 1.29 is 19.1 Å². The SMILES string of the molecule is CCCCOc1ccc(/C=N\NC(=O)CCCCC(=O)N/N=C\c2ccc(OCCCC)cc2)cc1. The Kier molecular flexibility index (Phi) is 14.0. The fraction of sp³-hybridized carbons (Fsp3) is 0.429. The maximum Gasteiger partial charge on any atom is 0.240 e. The van der Waals surface area contributed by atoms with Crippen LogP contribution in [0.3, 0.4) is 0 Å². The van der Waals surface area contributed by atoms with Gasteiger partial charge in [0.2, 0.25) is 11.8 Å². The number of carbonyl (C=O) groups is 2. The minimum atomic E-state index is -0.189. The first-order chi connectivity index (χ1) is 17.6. The largest absolute Gasteiger partial charge is 0.494 e. The Labute approximate surface area is 214 Å². The molecule has 0 aromatic heterocycles. The third-order valence-corrected chi connectivity index (χ3v) is 5.16. The molecule has 0 aliphatic heterocycles. The fourth-order valence-corrected chi connectivity index (χ4v) is 3.01. The molecular formula is C28H38N4O4. The quantitative estimate of drug-likeness (QED) is 0.179. The molecule has 36 heavy (non-hydrogen) atoms. The molecule has 2 amide bonds. The number of hydrazone groups is 2. The van der Waals surface area contributed by atoms with Gasteiger partial charge in [0.25, 0.3) is 0 Å². The summed E-state index contributed by atoms with van der Waals surface area (Å²) >= 11 is 0. The molecule has 194 valence electrons. The van der Waals surface area contributed by atoms with Crippen LogP contribution in [0.4, 0.5) is 0 Å². The van der Waals surface area contributed by atoms with Crippen LogP contribution in [0.15, 0.2) is 58.7 Å². The molecule has 2 aromatic carbocycles. The molecule has 0 spiro atoms. The van der Waals surface area contributed by atoms with Crippen molar-refractivity contribution in [1.29, 1.82) is 0 Å². The van der Waals surface area contributed by atoms with E-state index in [0.717, 1.165) is 48.3 Å². The summed E-state index contributed by atoms with van der Waals surface area (Å²) in [5.74, 6) is 1.26. The monoisotopic (exact) mass is 494 g/mol. The van der Waals surface area contributed by atoms with Gasteiger partial charge in [-0.3, -0.25) is 9.59 Å². The molecule has 0 bridgehead atoms. The van der Waals surface area contributed by atoms with Crippen molar-refractivity contribution in [2.45, 2.75) is 65.2 Å². The normalized spacial score (nSPS) is 11.1. The van der Waals surface area contributed by atoms with Crippen LogP contribution in [0.25, 0.3) is 0 Å². The van der Waals surface area contributed by atoms with Crippen LogP contribution >= 0.6 is 0 Å². The van der Waals surface area contributed by atoms with E-state index in [4.69, 9.17) is 9.47 Å². The number of amides is 2. The van der Waals surface area contributed by atoms with E-state index in [2.05, 4.69) is 34.9 Å². The van der Waals surface area contributed by atoms with Crippen LogP contribution in [0, 0.1) is 0 Å². The van der Waals surface area contributed by atoms with Gasteiger partial charge in [-0.05, 0) is 85.3 Å². The van der Waals surface area contributed by atoms with Crippen molar-refractivity contribution in [3.8, 4) is 11.5 Å². The minimum absolute atomic E-state index is 0.189. The number of carbonyl (C=O) groups excluding carboxylic acids is 2. The molecule has 0 saturated heterocycles. The van der Waals surface area contributed by atoms with Crippen molar-refractivity contribution in [2.75, 3.05) is 13.2 Å². The summed E-state index contributed by atoms with van der Waals surface area (Å²) in [5.41, 5.74) is 6.76. The molecular weight excluding hydrogens is 456 g/mol. The standard InChI is InChI=1S/C28H38N4O4/c1-3-5-19-35-25-15-11-23(12-16-25)21-29-31-27(33)9-7-8-10-28(34)32-30-22-24-13-17-26(18-14-24)36-20-6-4-2/h11-18,21-22H,3-10,19-20H2,1-2H3,(H,31,33)(H,32,34)/b29-21-,30-22-. The van der Waals surface area contributed by atoms with Crippen molar-refractivity contribution in [3.05, 3.63) is 59.7 Å². The van der Waals surface area contributed by atoms with E-state index in [9.17, 15) is 9.59 Å². The molecule has 0 heterocycles. The van der Waals surface area contributed by atoms with Gasteiger partial charge in [-0.15, -0.1) is 0 Å². The minimum Gasteiger partial charge on any atom is -0.494 e. The third kappa shape index (κ3) is 12.7. The molecule has 8 heteroatoms. The number of benzene rings is 2. The third-order valence-electron chi connectivity index (χ3n) is 5.16. The highest BCUT2D eigenvalue weighted by Crippen LogP contribution is 2.12. The second-order valence-electron chi connectivity index (χ2n) is 8.34. The number of nitrogens with zero attached hydrogens (tertiary/aromatic N) is 2. The molecule has 0 fully saturated rings. The summed E-state index contributed by atoms with van der Waals surface area (Å²) in [4.78, 5) is 23.9. The summed E-state index contributed by atoms with van der Waals surface area (Å²) in [6.07, 6.45) is 9.18. The summed E-state index contributed by atoms with van der Waals surface area (Å²) in [6.45, 7) is 5.66. The lowest BCUT2D eigenvalue weighted by molar-refractivity contribution is -0.123. The van der Waals surface area contributed by atoms with E-state index in [1.165, 1.54) is 0 Å². The van der Waals surface area contributed by atoms with E-state index in [-0.39, 0.29) is 11.8 Å². The molecule has 0 atom stereocenters. The highest BCUT2D eigenvalue weighted by molar-refractivity contribution is 5.83. The first-order valence-corrected chi connectivity index (χ1v) is 12.7. The molecule has 0 aliphatic carbocycles. The van der Waals surface area contributed by atoms with Gasteiger partial charge in [-0.1, -0.05) is 26.7 Å². The van der Waals surface area contributed by atoms with Gasteiger partial charge in [0.05, 0.1) is 25.6 Å². The summed E-state index contributed by atoms with van der Waals surface area (Å²) < 4.78 is 11.2. The van der Waals surface area contributed by atoms with Crippen molar-refractivity contribution in [1.82, 2.24) is 10.9 Å². The molecule has 0 aliphatic rings. The van der Waals surface area contributed by atoms with E-state index < -0.39 is 0 Å². The summed E-state index contributed by atoms with van der Waals surface area (Å²) in [6, 6.07) is 15.1. The number of nitrogens with one attached hydrogen (secondary N) is 2. The van der Waals surface area contributed by atoms with Crippen molar-refractivity contribution in [3.63, 3.8) is 0 Å². The zero-order valence-electron chi connectivity index (χ0n) is 21.4. The molecule has 8 nitrogen and oxygen atoms in total. The Balaban J connectivity index is 1.56. The number of rotatable bonds is 17. The summed E-state index contributed by atoms with van der Waals surface area (Å²) in [5, 5.41) is 7.96. The molecule has 2 aromatic rings. The molecule has 2 N–H and O–H groups in total. The number of hydrogen-bond donors (Lipinski definition) is 2. The lowest BCUT2D eigenvalue weighted by Gasteiger charge is -2.05. The second-order valence-corrected chi connectivity index (χ2v) is 8.34. The Morgan fingerprint density at radius 1 is 0.667 bits per heavy atom. The molecule has 2 rings (SSSR count). The van der Waals surface area contributed by atoms with Crippen LogP contribution in [0.2, 0.25) is 0 Å². The van der Waals surface area contributed by atoms with Gasteiger partial charge in [0.1, 0.15) is 11.5 Å². The van der Waals surface area contributed by atoms with E-state index >= 15 is 0 Å². The van der Waals surface area contributed by atoms with Crippen LogP contribution in [0.1, 0.15) is 76.3 Å². The highest BCUT2D eigenvalue weighted by atomic mass is 16.5. The fourth-order valence-electron chi connectivity index (χ4n) is 3.01. The Morgan fingerprint density at radius 2 is 1.06 bits per heavy atom. The predicted molar refractivity (Wildman–Crippen MR) is 144 cm³/mol. The van der Waals surface area contributed by atoms with Gasteiger partial charge >= 0.3 is 0 Å². The Bertz CT molecular complexity index is 877. The van der Waals surface area contributed by atoms with Gasteiger partial charge in [0, 0.05) is 12.8 Å². The van der Waals surface area contributed by atoms with E-state index in [1.54, 1.807) is 12.4 Å². The maximum absolute atomic E-state index is 11.9. The average Bonchev–Trinajstić information content (AvgIpc) is 2.89. The maximum atomic E-state index is 11.9. The molecule has 0 radical (unpaired) electrons. The van der Waals surface area contributed by atoms with E-state index in [1.807, 2.05) is 48.5 Å². The first-order valence-electron chi connectivity index (χ1n) is 12.7. The van der Waals surface area contributed by atoms with Crippen LogP contribution in [-0.4, -0.2) is 37.5 Å². The smallest absolute Gasteiger partial charge is 0.240 e. The van der Waals surface area contributed by atoms with Gasteiger partial charge in [0.15, 0.2) is 0 Å². The number of hydrogen-bond acceptors (Lipinski definition) is 6. The lowest BCUT2D eigenvalue weighted by Crippen LogP contribution is -2.19. The molecule has 0 unspecified atom stereocenters. The zero-order valence-corrected chi connectivity index (χ0v) is 21.4. The van der Waals surface area contributed by atoms with Gasteiger partial charge in [-0.25, -0.2) is 10.9 Å². The lowest BCUT2D eigenvalue weighted by atomic mass is 10.2. The Hall–Kier alpha value is -3.68. The van der Waals surface area contributed by atoms with Crippen LogP contribution in [-0.2, 0) is 9.59 Å². The molecule has 0 saturated carbocycles. The second kappa shape index (κ2) is 17.7. The van der Waals surface area contributed by atoms with Crippen LogP contribution < -0.4 is 20.3 Å². The van der Waals surface area contributed by atoms with E-state index in [0.29, 0.717) is 38.9 Å². The van der Waals surface area contributed by atoms with Crippen molar-refractivity contribution >= 4 is 24.2 Å². The average molecular weight is 495 g/mol. The topological polar surface area (TPSA) is 101 Å². The highest BCUT2D eigenvalue weighted by Gasteiger charge is 2.03. The number of ether oxygens (including phenoxy) is 2. The van der Waals surface area contributed by atoms with Crippen LogP contribution in [0.5, 0.6) is 11.5 Å². The van der Waals surface area contributed by atoms with Gasteiger partial charge in [-0.2, -0.15) is 10.2 Å². The predicted octanol–water partition coefficient (Wildman–Crippen LogP) is 5.21. The number of unbranched alkanes of at least 4 members (excludes halogenated alkanes) is 3. The zero-order chi connectivity index (χ0) is 25.8. The Morgan fingerprint density at radius 3 is 1.42 bits per heavy atom. The van der Waals surface area contributed by atoms with Gasteiger partial charge < -0.3 is 9.47 Å². The first kappa shape index (κ1) is 28.6. The van der Waals surface area contributed by atoms with Crippen molar-refractivity contribution in [2.24, 2.45) is 10.2 Å². The summed E-state index contributed by atoms with van der Waals surface area (Å²) in [7, 11) is 0.